The van der Waals surface area contributed by atoms with Crippen molar-refractivity contribution in [1.82, 2.24) is 20.1 Å². The molecule has 0 aliphatic carbocycles. The van der Waals surface area contributed by atoms with E-state index in [1.165, 1.54) is 43.4 Å². The number of amides is 2. The van der Waals surface area contributed by atoms with Crippen molar-refractivity contribution >= 4 is 16.9 Å². The van der Waals surface area contributed by atoms with Crippen LogP contribution in [0.2, 0.25) is 0 Å². The van der Waals surface area contributed by atoms with Gasteiger partial charge < -0.3 is 20.1 Å². The number of rotatable bonds is 5. The topological polar surface area (TPSA) is 51.4 Å². The number of H-pyrrole nitrogens is 1. The third-order valence-electron chi connectivity index (χ3n) is 5.64. The van der Waals surface area contributed by atoms with Gasteiger partial charge in [0.15, 0.2) is 0 Å². The number of hydrogen-bond acceptors (Lipinski definition) is 2. The lowest BCUT2D eigenvalue weighted by molar-refractivity contribution is 0.204. The first kappa shape index (κ1) is 16.5. The van der Waals surface area contributed by atoms with Crippen LogP contribution in [0.15, 0.2) is 30.5 Å². The van der Waals surface area contributed by atoms with E-state index in [1.54, 1.807) is 0 Å². The van der Waals surface area contributed by atoms with Crippen LogP contribution in [-0.2, 0) is 6.42 Å². The maximum absolute atomic E-state index is 12.4. The largest absolute Gasteiger partial charge is 0.361 e. The molecule has 0 saturated carbocycles. The van der Waals surface area contributed by atoms with Crippen molar-refractivity contribution in [2.75, 3.05) is 39.3 Å². The molecule has 1 atom stereocenters. The van der Waals surface area contributed by atoms with Crippen molar-refractivity contribution in [2.45, 2.75) is 25.7 Å². The van der Waals surface area contributed by atoms with Crippen molar-refractivity contribution in [3.63, 3.8) is 0 Å². The molecule has 5 heteroatoms. The van der Waals surface area contributed by atoms with Gasteiger partial charge in [-0.15, -0.1) is 0 Å². The Morgan fingerprint density at radius 1 is 1.20 bits per heavy atom. The van der Waals surface area contributed by atoms with Crippen LogP contribution in [0.3, 0.4) is 0 Å². The van der Waals surface area contributed by atoms with Gasteiger partial charge in [0.25, 0.3) is 0 Å². The van der Waals surface area contributed by atoms with E-state index in [0.29, 0.717) is 12.5 Å². The fourth-order valence-corrected chi connectivity index (χ4v) is 4.28. The molecule has 0 bridgehead atoms. The van der Waals surface area contributed by atoms with Crippen LogP contribution in [-0.4, -0.2) is 60.1 Å². The number of aromatic amines is 1. The van der Waals surface area contributed by atoms with Crippen LogP contribution in [0.4, 0.5) is 4.79 Å². The molecule has 2 fully saturated rings. The van der Waals surface area contributed by atoms with Gasteiger partial charge >= 0.3 is 6.03 Å². The van der Waals surface area contributed by atoms with Crippen molar-refractivity contribution < 1.29 is 4.79 Å². The van der Waals surface area contributed by atoms with Gasteiger partial charge in [0.1, 0.15) is 0 Å². The molecule has 2 aromatic rings. The van der Waals surface area contributed by atoms with Crippen molar-refractivity contribution in [1.29, 1.82) is 0 Å². The Morgan fingerprint density at radius 3 is 2.96 bits per heavy atom. The van der Waals surface area contributed by atoms with Crippen LogP contribution in [0.25, 0.3) is 10.9 Å². The number of nitrogens with one attached hydrogen (secondary N) is 2. The Morgan fingerprint density at radius 2 is 2.08 bits per heavy atom. The van der Waals surface area contributed by atoms with Crippen LogP contribution in [0.5, 0.6) is 0 Å². The highest BCUT2D eigenvalue weighted by atomic mass is 16.2. The first-order chi connectivity index (χ1) is 12.3. The highest BCUT2D eigenvalue weighted by molar-refractivity contribution is 5.83. The molecule has 2 saturated heterocycles. The molecule has 4 rings (SSSR count). The van der Waals surface area contributed by atoms with E-state index in [4.69, 9.17) is 0 Å². The Balaban J connectivity index is 1.23. The summed E-state index contributed by atoms with van der Waals surface area (Å²) in [6, 6.07) is 8.51. The van der Waals surface area contributed by atoms with Gasteiger partial charge in [-0.2, -0.15) is 0 Å². The summed E-state index contributed by atoms with van der Waals surface area (Å²) in [5.74, 6) is 0.650. The van der Waals surface area contributed by atoms with Crippen molar-refractivity contribution in [3.8, 4) is 0 Å². The van der Waals surface area contributed by atoms with Crippen LogP contribution in [0.1, 0.15) is 24.8 Å². The van der Waals surface area contributed by atoms with Gasteiger partial charge in [-0.05, 0) is 62.4 Å². The first-order valence-corrected chi connectivity index (χ1v) is 9.60. The fraction of sp³-hybridized carbons (Fsp3) is 0.550. The lowest BCUT2D eigenvalue weighted by atomic mass is 10.1. The van der Waals surface area contributed by atoms with Crippen LogP contribution >= 0.6 is 0 Å². The molecule has 2 aliphatic heterocycles. The molecule has 25 heavy (non-hydrogen) atoms. The quantitative estimate of drug-likeness (QED) is 0.879. The molecule has 2 amide bonds. The van der Waals surface area contributed by atoms with Crippen LogP contribution in [0, 0.1) is 5.92 Å². The molecule has 1 aromatic heterocycles. The molecular weight excluding hydrogens is 312 g/mol. The minimum absolute atomic E-state index is 0.102. The standard InChI is InChI=1S/C20H28N4O/c25-20(24-13-8-16(15-24)14-23-11-1-2-12-23)22-9-6-17-4-3-5-19-18(17)7-10-21-19/h3-5,7,10,16,21H,1-2,6,8-9,11-15H2,(H,22,25)/t16-/m0/s1. The zero-order chi connectivity index (χ0) is 17.1. The van der Waals surface area contributed by atoms with Gasteiger partial charge in [0.2, 0.25) is 0 Å². The number of nitrogens with zero attached hydrogens (tertiary/aromatic N) is 2. The Kier molecular flexibility index (Phi) is 4.92. The van der Waals surface area contributed by atoms with E-state index in [1.807, 2.05) is 11.1 Å². The van der Waals surface area contributed by atoms with Crippen LogP contribution < -0.4 is 5.32 Å². The molecule has 1 aromatic carbocycles. The van der Waals surface area contributed by atoms with Crippen molar-refractivity contribution in [3.05, 3.63) is 36.0 Å². The second-order valence-corrected chi connectivity index (χ2v) is 7.45. The average molecular weight is 340 g/mol. The van der Waals surface area contributed by atoms with E-state index >= 15 is 0 Å². The summed E-state index contributed by atoms with van der Waals surface area (Å²) in [6.07, 6.45) is 6.66. The van der Waals surface area contributed by atoms with E-state index < -0.39 is 0 Å². The number of likely N-dealkylation sites (tertiary alicyclic amines) is 2. The molecule has 3 heterocycles. The lowest BCUT2D eigenvalue weighted by Gasteiger charge is -2.21. The summed E-state index contributed by atoms with van der Waals surface area (Å²) >= 11 is 0. The zero-order valence-corrected chi connectivity index (χ0v) is 14.8. The predicted molar refractivity (Wildman–Crippen MR) is 101 cm³/mol. The van der Waals surface area contributed by atoms with E-state index in [2.05, 4.69) is 39.5 Å². The van der Waals surface area contributed by atoms with Gasteiger partial charge in [-0.25, -0.2) is 4.79 Å². The smallest absolute Gasteiger partial charge is 0.317 e. The molecular formula is C20H28N4O. The summed E-state index contributed by atoms with van der Waals surface area (Å²) in [5, 5.41) is 4.36. The molecule has 0 radical (unpaired) electrons. The number of benzene rings is 1. The monoisotopic (exact) mass is 340 g/mol. The fourth-order valence-electron chi connectivity index (χ4n) is 4.28. The van der Waals surface area contributed by atoms with Gasteiger partial charge in [0.05, 0.1) is 0 Å². The lowest BCUT2D eigenvalue weighted by Crippen LogP contribution is -2.40. The zero-order valence-electron chi connectivity index (χ0n) is 14.8. The SMILES string of the molecule is O=C(NCCc1cccc2[nH]ccc12)N1CC[C@@H](CN2CCCC2)C1. The maximum Gasteiger partial charge on any atom is 0.317 e. The van der Waals surface area contributed by atoms with E-state index in [9.17, 15) is 4.79 Å². The highest BCUT2D eigenvalue weighted by Gasteiger charge is 2.28. The second-order valence-electron chi connectivity index (χ2n) is 7.45. The number of fused-ring (bicyclic) bond motifs is 1. The third-order valence-corrected chi connectivity index (χ3v) is 5.64. The normalized spacial score (nSPS) is 21.3. The summed E-state index contributed by atoms with van der Waals surface area (Å²) in [4.78, 5) is 20.2. The van der Waals surface area contributed by atoms with Gasteiger partial charge in [0, 0.05) is 43.3 Å². The molecule has 5 nitrogen and oxygen atoms in total. The summed E-state index contributed by atoms with van der Waals surface area (Å²) < 4.78 is 0. The number of urea groups is 1. The number of carbonyl (C=O) groups excluding carboxylic acids is 1. The molecule has 0 unspecified atom stereocenters. The molecule has 134 valence electrons. The molecule has 0 spiro atoms. The first-order valence-electron chi connectivity index (χ1n) is 9.60. The number of aromatic nitrogens is 1. The number of hydrogen-bond donors (Lipinski definition) is 2. The molecule has 2 aliphatic rings. The third kappa shape index (κ3) is 3.82. The van der Waals surface area contributed by atoms with Gasteiger partial charge in [-0.1, -0.05) is 12.1 Å². The highest BCUT2D eigenvalue weighted by Crippen LogP contribution is 2.20. The van der Waals surface area contributed by atoms with E-state index in [0.717, 1.165) is 31.4 Å². The average Bonchev–Trinajstić information content (AvgIpc) is 3.37. The van der Waals surface area contributed by atoms with Gasteiger partial charge in [-0.3, -0.25) is 0 Å². The minimum atomic E-state index is 0.102. The predicted octanol–water partition coefficient (Wildman–Crippen LogP) is 2.84. The Hall–Kier alpha value is -2.01. The number of carbonyl (C=O) groups is 1. The summed E-state index contributed by atoms with van der Waals surface area (Å²) in [5.41, 5.74) is 2.44. The van der Waals surface area contributed by atoms with E-state index in [-0.39, 0.29) is 6.03 Å². The second kappa shape index (κ2) is 7.48. The maximum atomic E-state index is 12.4. The summed E-state index contributed by atoms with van der Waals surface area (Å²) in [7, 11) is 0. The minimum Gasteiger partial charge on any atom is -0.361 e. The van der Waals surface area contributed by atoms with Crippen molar-refractivity contribution in [2.24, 2.45) is 5.92 Å². The Labute approximate surface area is 149 Å². The molecule has 2 N–H and O–H groups in total. The Bertz CT molecular complexity index is 719. The summed E-state index contributed by atoms with van der Waals surface area (Å²) in [6.45, 7) is 6.16.